The second-order valence-corrected chi connectivity index (χ2v) is 5.39. The van der Waals surface area contributed by atoms with E-state index in [9.17, 15) is 9.90 Å². The zero-order chi connectivity index (χ0) is 13.7. The Morgan fingerprint density at radius 1 is 1.42 bits per heavy atom. The van der Waals surface area contributed by atoms with Gasteiger partial charge in [-0.3, -0.25) is 9.78 Å². The number of rotatable bonds is 4. The lowest BCUT2D eigenvalue weighted by Crippen LogP contribution is -2.44. The van der Waals surface area contributed by atoms with Crippen LogP contribution in [-0.2, 0) is 11.2 Å². The van der Waals surface area contributed by atoms with Gasteiger partial charge in [0.1, 0.15) is 0 Å². The zero-order valence-electron chi connectivity index (χ0n) is 11.4. The Morgan fingerprint density at radius 2 is 2.21 bits per heavy atom. The van der Waals surface area contributed by atoms with E-state index >= 15 is 0 Å². The molecule has 2 rings (SSSR count). The van der Waals surface area contributed by atoms with E-state index in [-0.39, 0.29) is 24.5 Å². The molecule has 1 aliphatic carbocycles. The Balaban J connectivity index is 1.88. The molecule has 1 saturated carbocycles. The highest BCUT2D eigenvalue weighted by Gasteiger charge is 2.25. The van der Waals surface area contributed by atoms with Crippen molar-refractivity contribution in [1.82, 2.24) is 10.3 Å². The van der Waals surface area contributed by atoms with Crippen LogP contribution in [0.5, 0.6) is 0 Å². The Kier molecular flexibility index (Phi) is 4.91. The second kappa shape index (κ2) is 6.66. The van der Waals surface area contributed by atoms with Gasteiger partial charge >= 0.3 is 0 Å². The van der Waals surface area contributed by atoms with Gasteiger partial charge in [-0.1, -0.05) is 18.9 Å². The van der Waals surface area contributed by atoms with E-state index in [0.29, 0.717) is 6.42 Å². The normalized spacial score (nSPS) is 23.1. The molecule has 1 heterocycles. The van der Waals surface area contributed by atoms with E-state index in [1.165, 1.54) is 0 Å². The number of hydrogen-bond acceptors (Lipinski definition) is 3. The summed E-state index contributed by atoms with van der Waals surface area (Å²) >= 11 is 0. The molecule has 19 heavy (non-hydrogen) atoms. The van der Waals surface area contributed by atoms with E-state index in [1.54, 1.807) is 6.20 Å². The molecule has 1 fully saturated rings. The van der Waals surface area contributed by atoms with Crippen molar-refractivity contribution in [2.75, 3.05) is 6.61 Å². The Hall–Kier alpha value is -1.42. The molecule has 4 heteroatoms. The van der Waals surface area contributed by atoms with Crippen molar-refractivity contribution in [2.24, 2.45) is 5.92 Å². The van der Waals surface area contributed by atoms with Crippen molar-refractivity contribution in [3.05, 3.63) is 29.6 Å². The third kappa shape index (κ3) is 4.03. The largest absolute Gasteiger partial charge is 0.396 e. The molecule has 0 saturated heterocycles. The van der Waals surface area contributed by atoms with Gasteiger partial charge in [-0.15, -0.1) is 0 Å². The molecule has 0 spiro atoms. The molecule has 2 atom stereocenters. The van der Waals surface area contributed by atoms with Gasteiger partial charge in [-0.05, 0) is 31.4 Å². The lowest BCUT2D eigenvalue weighted by molar-refractivity contribution is -0.121. The lowest BCUT2D eigenvalue weighted by Gasteiger charge is -2.30. The molecular weight excluding hydrogens is 240 g/mol. The number of aromatic nitrogens is 1. The summed E-state index contributed by atoms with van der Waals surface area (Å²) in [6.07, 6.45) is 6.38. The fraction of sp³-hybridized carbons (Fsp3) is 0.600. The van der Waals surface area contributed by atoms with Crippen LogP contribution in [0.1, 0.15) is 36.9 Å². The van der Waals surface area contributed by atoms with Crippen LogP contribution in [0.4, 0.5) is 0 Å². The number of aliphatic hydroxyl groups is 1. The average molecular weight is 262 g/mol. The highest BCUT2D eigenvalue weighted by atomic mass is 16.3. The smallest absolute Gasteiger partial charge is 0.224 e. The number of nitrogens with zero attached hydrogens (tertiary/aromatic N) is 1. The monoisotopic (exact) mass is 262 g/mol. The molecule has 0 aromatic carbocycles. The minimum Gasteiger partial charge on any atom is -0.396 e. The molecule has 4 nitrogen and oxygen atoms in total. The maximum atomic E-state index is 12.0. The summed E-state index contributed by atoms with van der Waals surface area (Å²) in [5.41, 5.74) is 1.89. The van der Waals surface area contributed by atoms with Gasteiger partial charge in [0.05, 0.1) is 6.42 Å². The molecule has 0 aliphatic heterocycles. The third-order valence-corrected chi connectivity index (χ3v) is 3.83. The van der Waals surface area contributed by atoms with Crippen molar-refractivity contribution in [2.45, 2.75) is 45.1 Å². The minimum atomic E-state index is 0.0241. The molecule has 1 aromatic heterocycles. The summed E-state index contributed by atoms with van der Waals surface area (Å²) in [5, 5.41) is 12.4. The van der Waals surface area contributed by atoms with Gasteiger partial charge in [-0.2, -0.15) is 0 Å². The first-order valence-corrected chi connectivity index (χ1v) is 7.01. The lowest BCUT2D eigenvalue weighted by atomic mass is 9.85. The topological polar surface area (TPSA) is 62.2 Å². The number of carbonyl (C=O) groups excluding carboxylic acids is 1. The number of carbonyl (C=O) groups is 1. The van der Waals surface area contributed by atoms with E-state index < -0.39 is 0 Å². The highest BCUT2D eigenvalue weighted by molar-refractivity contribution is 5.78. The number of hydrogen-bond donors (Lipinski definition) is 2. The molecule has 2 unspecified atom stereocenters. The molecule has 1 amide bonds. The summed E-state index contributed by atoms with van der Waals surface area (Å²) in [6.45, 7) is 2.09. The van der Waals surface area contributed by atoms with Crippen LogP contribution in [0.3, 0.4) is 0 Å². The molecular formula is C15H22N2O2. The van der Waals surface area contributed by atoms with Crippen LogP contribution >= 0.6 is 0 Å². The van der Waals surface area contributed by atoms with E-state index in [2.05, 4.69) is 10.3 Å². The van der Waals surface area contributed by atoms with Crippen molar-refractivity contribution in [3.8, 4) is 0 Å². The van der Waals surface area contributed by atoms with Gasteiger partial charge in [0, 0.05) is 30.5 Å². The van der Waals surface area contributed by atoms with Crippen LogP contribution in [0, 0.1) is 12.8 Å². The maximum absolute atomic E-state index is 12.0. The van der Waals surface area contributed by atoms with Gasteiger partial charge in [-0.25, -0.2) is 0 Å². The Bertz CT molecular complexity index is 417. The number of nitrogens with one attached hydrogen (secondary N) is 1. The third-order valence-electron chi connectivity index (χ3n) is 3.83. The molecule has 2 N–H and O–H groups in total. The van der Waals surface area contributed by atoms with E-state index in [4.69, 9.17) is 0 Å². The van der Waals surface area contributed by atoms with Crippen LogP contribution in [0.25, 0.3) is 0 Å². The van der Waals surface area contributed by atoms with Gasteiger partial charge in [0.25, 0.3) is 0 Å². The SMILES string of the molecule is Cc1ccc(CC(=O)NC2CCCCC2CO)cn1. The fourth-order valence-corrected chi connectivity index (χ4v) is 2.66. The molecule has 104 valence electrons. The number of aryl methyl sites for hydroxylation is 1. The summed E-state index contributed by atoms with van der Waals surface area (Å²) in [4.78, 5) is 16.2. The molecule has 1 aliphatic rings. The highest BCUT2D eigenvalue weighted by Crippen LogP contribution is 2.23. The van der Waals surface area contributed by atoms with Crippen molar-refractivity contribution in [3.63, 3.8) is 0 Å². The summed E-state index contributed by atoms with van der Waals surface area (Å²) in [5.74, 6) is 0.241. The quantitative estimate of drug-likeness (QED) is 0.866. The summed E-state index contributed by atoms with van der Waals surface area (Å²) in [7, 11) is 0. The number of amides is 1. The van der Waals surface area contributed by atoms with E-state index in [0.717, 1.165) is 36.9 Å². The van der Waals surface area contributed by atoms with E-state index in [1.807, 2.05) is 19.1 Å². The van der Waals surface area contributed by atoms with Crippen molar-refractivity contribution in [1.29, 1.82) is 0 Å². The number of pyridine rings is 1. The van der Waals surface area contributed by atoms with Gasteiger partial charge in [0.15, 0.2) is 0 Å². The summed E-state index contributed by atoms with van der Waals surface area (Å²) in [6, 6.07) is 3.98. The minimum absolute atomic E-state index is 0.0241. The first kappa shape index (κ1) is 14.0. The first-order valence-electron chi connectivity index (χ1n) is 7.01. The first-order chi connectivity index (χ1) is 9.19. The maximum Gasteiger partial charge on any atom is 0.224 e. The fourth-order valence-electron chi connectivity index (χ4n) is 2.66. The second-order valence-electron chi connectivity index (χ2n) is 5.39. The van der Waals surface area contributed by atoms with Crippen molar-refractivity contribution < 1.29 is 9.90 Å². The zero-order valence-corrected chi connectivity index (χ0v) is 11.4. The predicted octanol–water partition coefficient (Wildman–Crippen LogP) is 1.60. The van der Waals surface area contributed by atoms with Crippen molar-refractivity contribution >= 4 is 5.91 Å². The van der Waals surface area contributed by atoms with Crippen LogP contribution in [-0.4, -0.2) is 28.6 Å². The number of aliphatic hydroxyl groups excluding tert-OH is 1. The van der Waals surface area contributed by atoms with Gasteiger partial charge in [0.2, 0.25) is 5.91 Å². The average Bonchev–Trinajstić information content (AvgIpc) is 2.42. The van der Waals surface area contributed by atoms with Crippen LogP contribution in [0.15, 0.2) is 18.3 Å². The predicted molar refractivity (Wildman–Crippen MR) is 73.7 cm³/mol. The molecule has 1 aromatic rings. The van der Waals surface area contributed by atoms with Crippen LogP contribution < -0.4 is 5.32 Å². The molecule has 0 bridgehead atoms. The van der Waals surface area contributed by atoms with Crippen LogP contribution in [0.2, 0.25) is 0 Å². The Morgan fingerprint density at radius 3 is 2.89 bits per heavy atom. The molecule has 0 radical (unpaired) electrons. The standard InChI is InChI=1S/C15H22N2O2/c1-11-6-7-12(9-16-11)8-15(19)17-14-5-3-2-4-13(14)10-18/h6-7,9,13-14,18H,2-5,8,10H2,1H3,(H,17,19). The Labute approximate surface area is 114 Å². The van der Waals surface area contributed by atoms with Gasteiger partial charge < -0.3 is 10.4 Å². The summed E-state index contributed by atoms with van der Waals surface area (Å²) < 4.78 is 0.